The molecule has 1 aliphatic rings. The first kappa shape index (κ1) is 15.8. The Balaban J connectivity index is 1.75. The molecule has 1 aliphatic heterocycles. The van der Waals surface area contributed by atoms with Crippen LogP contribution in [0.25, 0.3) is 0 Å². The summed E-state index contributed by atoms with van der Waals surface area (Å²) in [7, 11) is 0. The van der Waals surface area contributed by atoms with Gasteiger partial charge in [-0.15, -0.1) is 0 Å². The molecular weight excluding hydrogens is 268 g/mol. The highest BCUT2D eigenvalue weighted by molar-refractivity contribution is 5.94. The number of hydrogen-bond acceptors (Lipinski definition) is 4. The van der Waals surface area contributed by atoms with E-state index in [1.54, 1.807) is 24.3 Å². The summed E-state index contributed by atoms with van der Waals surface area (Å²) >= 11 is 0. The SMILES string of the molecule is O=C(c1ccc(O)cc1)N1CCN(CCCCCO)CC1. The number of hydrogen-bond donors (Lipinski definition) is 2. The Labute approximate surface area is 125 Å². The van der Waals surface area contributed by atoms with Gasteiger partial charge in [-0.25, -0.2) is 0 Å². The number of phenols is 1. The van der Waals surface area contributed by atoms with Gasteiger partial charge in [-0.3, -0.25) is 9.69 Å². The third-order valence-corrected chi connectivity index (χ3v) is 3.91. The summed E-state index contributed by atoms with van der Waals surface area (Å²) in [5.41, 5.74) is 0.629. The maximum Gasteiger partial charge on any atom is 0.253 e. The van der Waals surface area contributed by atoms with Crippen molar-refractivity contribution in [3.8, 4) is 5.75 Å². The molecule has 0 aromatic heterocycles. The first-order valence-electron chi connectivity index (χ1n) is 7.62. The van der Waals surface area contributed by atoms with E-state index >= 15 is 0 Å². The lowest BCUT2D eigenvalue weighted by Crippen LogP contribution is -2.48. The molecule has 0 unspecified atom stereocenters. The van der Waals surface area contributed by atoms with Crippen molar-refractivity contribution in [3.05, 3.63) is 29.8 Å². The molecule has 5 heteroatoms. The van der Waals surface area contributed by atoms with E-state index in [9.17, 15) is 9.90 Å². The van der Waals surface area contributed by atoms with E-state index in [1.165, 1.54) is 0 Å². The molecule has 116 valence electrons. The Morgan fingerprint density at radius 3 is 2.29 bits per heavy atom. The Kier molecular flexibility index (Phi) is 6.02. The fourth-order valence-electron chi connectivity index (χ4n) is 2.59. The normalized spacial score (nSPS) is 16.1. The van der Waals surface area contributed by atoms with Crippen molar-refractivity contribution in [1.82, 2.24) is 9.80 Å². The number of carbonyl (C=O) groups excluding carboxylic acids is 1. The summed E-state index contributed by atoms with van der Waals surface area (Å²) < 4.78 is 0. The lowest BCUT2D eigenvalue weighted by molar-refractivity contribution is 0.0634. The molecule has 1 saturated heterocycles. The van der Waals surface area contributed by atoms with Gasteiger partial charge in [-0.2, -0.15) is 0 Å². The predicted octanol–water partition coefficient (Wildman–Crippen LogP) is 1.31. The van der Waals surface area contributed by atoms with Crippen molar-refractivity contribution in [3.63, 3.8) is 0 Å². The Morgan fingerprint density at radius 2 is 1.67 bits per heavy atom. The van der Waals surface area contributed by atoms with Crippen LogP contribution in [0.4, 0.5) is 0 Å². The monoisotopic (exact) mass is 292 g/mol. The highest BCUT2D eigenvalue weighted by atomic mass is 16.3. The number of amides is 1. The second kappa shape index (κ2) is 8.00. The average molecular weight is 292 g/mol. The maximum atomic E-state index is 12.3. The number of aliphatic hydroxyl groups excluding tert-OH is 1. The van der Waals surface area contributed by atoms with Crippen molar-refractivity contribution in [2.75, 3.05) is 39.3 Å². The summed E-state index contributed by atoms with van der Waals surface area (Å²) in [4.78, 5) is 16.6. The zero-order valence-electron chi connectivity index (χ0n) is 12.4. The zero-order valence-corrected chi connectivity index (χ0v) is 12.4. The van der Waals surface area contributed by atoms with Crippen LogP contribution in [0, 0.1) is 0 Å². The Bertz CT molecular complexity index is 439. The third-order valence-electron chi connectivity index (χ3n) is 3.91. The van der Waals surface area contributed by atoms with E-state index in [0.29, 0.717) is 5.56 Å². The number of rotatable bonds is 6. The molecule has 0 aliphatic carbocycles. The van der Waals surface area contributed by atoms with Crippen molar-refractivity contribution in [1.29, 1.82) is 0 Å². The summed E-state index contributed by atoms with van der Waals surface area (Å²) in [6, 6.07) is 6.42. The number of piperazine rings is 1. The molecule has 21 heavy (non-hydrogen) atoms. The van der Waals surface area contributed by atoms with Gasteiger partial charge in [0.15, 0.2) is 0 Å². The standard InChI is InChI=1S/C16H24N2O3/c19-13-3-1-2-8-17-9-11-18(12-10-17)16(21)14-4-6-15(20)7-5-14/h4-7,19-20H,1-3,8-13H2. The van der Waals surface area contributed by atoms with Gasteiger partial charge in [0.25, 0.3) is 5.91 Å². The molecule has 0 radical (unpaired) electrons. The van der Waals surface area contributed by atoms with Crippen molar-refractivity contribution < 1.29 is 15.0 Å². The summed E-state index contributed by atoms with van der Waals surface area (Å²) in [5, 5.41) is 18.0. The van der Waals surface area contributed by atoms with E-state index in [-0.39, 0.29) is 18.3 Å². The number of nitrogens with zero attached hydrogens (tertiary/aromatic N) is 2. The Morgan fingerprint density at radius 1 is 1.00 bits per heavy atom. The van der Waals surface area contributed by atoms with Crippen molar-refractivity contribution in [2.24, 2.45) is 0 Å². The topological polar surface area (TPSA) is 64.0 Å². The minimum atomic E-state index is 0.0370. The Hall–Kier alpha value is -1.59. The molecule has 2 N–H and O–H groups in total. The molecule has 1 fully saturated rings. The number of aliphatic hydroxyl groups is 1. The van der Waals surface area contributed by atoms with Gasteiger partial charge in [0.1, 0.15) is 5.75 Å². The van der Waals surface area contributed by atoms with Crippen molar-refractivity contribution >= 4 is 5.91 Å². The smallest absolute Gasteiger partial charge is 0.253 e. The largest absolute Gasteiger partial charge is 0.508 e. The van der Waals surface area contributed by atoms with Crippen molar-refractivity contribution in [2.45, 2.75) is 19.3 Å². The van der Waals surface area contributed by atoms with Crippen LogP contribution in [0.15, 0.2) is 24.3 Å². The van der Waals surface area contributed by atoms with Crippen LogP contribution in [-0.2, 0) is 0 Å². The number of aromatic hydroxyl groups is 1. The summed E-state index contributed by atoms with van der Waals surface area (Å²) in [5.74, 6) is 0.217. The molecule has 0 saturated carbocycles. The number of benzene rings is 1. The molecule has 1 aromatic rings. The molecule has 1 heterocycles. The fraction of sp³-hybridized carbons (Fsp3) is 0.562. The lowest BCUT2D eigenvalue weighted by atomic mass is 10.1. The maximum absolute atomic E-state index is 12.3. The lowest BCUT2D eigenvalue weighted by Gasteiger charge is -2.34. The van der Waals surface area contributed by atoms with Gasteiger partial charge in [0, 0.05) is 38.3 Å². The molecule has 1 aromatic carbocycles. The van der Waals surface area contributed by atoms with Crippen LogP contribution in [0.1, 0.15) is 29.6 Å². The van der Waals surface area contributed by atoms with E-state index < -0.39 is 0 Å². The highest BCUT2D eigenvalue weighted by Crippen LogP contribution is 2.13. The van der Waals surface area contributed by atoms with E-state index in [4.69, 9.17) is 5.11 Å². The van der Waals surface area contributed by atoms with Gasteiger partial charge in [0.2, 0.25) is 0 Å². The first-order valence-corrected chi connectivity index (χ1v) is 7.62. The minimum Gasteiger partial charge on any atom is -0.508 e. The molecule has 1 amide bonds. The second-order valence-electron chi connectivity index (χ2n) is 5.46. The molecular formula is C16H24N2O3. The van der Waals surface area contributed by atoms with Crippen LogP contribution in [0.3, 0.4) is 0 Å². The number of phenolic OH excluding ortho intramolecular Hbond substituents is 1. The summed E-state index contributed by atoms with van der Waals surface area (Å²) in [6.45, 7) is 4.63. The van der Waals surface area contributed by atoms with Gasteiger partial charge in [-0.05, 0) is 50.1 Å². The molecule has 0 atom stereocenters. The van der Waals surface area contributed by atoms with Crippen LogP contribution in [-0.4, -0.2) is 65.3 Å². The van der Waals surface area contributed by atoms with Crippen LogP contribution >= 0.6 is 0 Å². The van der Waals surface area contributed by atoms with Crippen LogP contribution in [0.2, 0.25) is 0 Å². The van der Waals surface area contributed by atoms with E-state index in [1.807, 2.05) is 4.90 Å². The zero-order chi connectivity index (χ0) is 15.1. The third kappa shape index (κ3) is 4.72. The highest BCUT2D eigenvalue weighted by Gasteiger charge is 2.21. The van der Waals surface area contributed by atoms with Crippen LogP contribution < -0.4 is 0 Å². The first-order chi connectivity index (χ1) is 10.2. The fourth-order valence-corrected chi connectivity index (χ4v) is 2.59. The van der Waals surface area contributed by atoms with Gasteiger partial charge < -0.3 is 15.1 Å². The van der Waals surface area contributed by atoms with E-state index in [2.05, 4.69) is 4.90 Å². The molecule has 0 spiro atoms. The summed E-state index contributed by atoms with van der Waals surface area (Å²) in [6.07, 6.45) is 3.04. The number of carbonyl (C=O) groups is 1. The molecule has 0 bridgehead atoms. The average Bonchev–Trinajstić information content (AvgIpc) is 2.52. The van der Waals surface area contributed by atoms with Gasteiger partial charge in [-0.1, -0.05) is 0 Å². The predicted molar refractivity (Wildman–Crippen MR) is 81.4 cm³/mol. The van der Waals surface area contributed by atoms with Gasteiger partial charge in [0.05, 0.1) is 0 Å². The molecule has 2 rings (SSSR count). The van der Waals surface area contributed by atoms with Crippen LogP contribution in [0.5, 0.6) is 5.75 Å². The molecule has 5 nitrogen and oxygen atoms in total. The van der Waals surface area contributed by atoms with E-state index in [0.717, 1.165) is 52.0 Å². The second-order valence-corrected chi connectivity index (χ2v) is 5.46. The number of unbranched alkanes of at least 4 members (excludes halogenated alkanes) is 2. The minimum absolute atomic E-state index is 0.0370. The van der Waals surface area contributed by atoms with Gasteiger partial charge >= 0.3 is 0 Å². The quantitative estimate of drug-likeness (QED) is 0.776.